The lowest BCUT2D eigenvalue weighted by atomic mass is 9.98. The molecule has 4 aromatic rings. The van der Waals surface area contributed by atoms with Crippen LogP contribution in [0.15, 0.2) is 67.0 Å². The molecule has 0 fully saturated rings. The van der Waals surface area contributed by atoms with Gasteiger partial charge in [-0.25, -0.2) is 4.98 Å². The predicted molar refractivity (Wildman–Crippen MR) is 144 cm³/mol. The molecule has 0 spiro atoms. The molecule has 8 nitrogen and oxygen atoms in total. The van der Waals surface area contributed by atoms with Crippen LogP contribution in [0.1, 0.15) is 51.3 Å². The summed E-state index contributed by atoms with van der Waals surface area (Å²) in [6, 6.07) is 17.2. The van der Waals surface area contributed by atoms with Crippen LogP contribution in [0.5, 0.6) is 0 Å². The Kier molecular flexibility index (Phi) is 7.83. The van der Waals surface area contributed by atoms with Crippen molar-refractivity contribution >= 4 is 17.5 Å². The van der Waals surface area contributed by atoms with Gasteiger partial charge in [0.05, 0.1) is 25.3 Å². The van der Waals surface area contributed by atoms with Gasteiger partial charge in [0, 0.05) is 25.6 Å². The second-order valence-electron chi connectivity index (χ2n) is 9.79. The minimum absolute atomic E-state index is 0.0367. The largest absolute Gasteiger partial charge is 0.416 e. The average Bonchev–Trinajstić information content (AvgIpc) is 3.50. The van der Waals surface area contributed by atoms with E-state index in [0.29, 0.717) is 32.0 Å². The van der Waals surface area contributed by atoms with E-state index in [1.807, 2.05) is 54.9 Å². The molecule has 1 N–H and O–H groups in total. The minimum Gasteiger partial charge on any atom is -0.375 e. The Morgan fingerprint density at radius 1 is 1.10 bits per heavy atom. The molecule has 0 saturated carbocycles. The molecule has 0 saturated heterocycles. The van der Waals surface area contributed by atoms with Crippen molar-refractivity contribution in [2.45, 2.75) is 38.6 Å². The van der Waals surface area contributed by atoms with Crippen LogP contribution in [-0.2, 0) is 37.5 Å². The van der Waals surface area contributed by atoms with Gasteiger partial charge in [0.1, 0.15) is 23.8 Å². The van der Waals surface area contributed by atoms with Gasteiger partial charge < -0.3 is 14.6 Å². The number of benzene rings is 2. The maximum Gasteiger partial charge on any atom is 0.416 e. The molecule has 0 bridgehead atoms. The second kappa shape index (κ2) is 11.5. The lowest BCUT2D eigenvalue weighted by Crippen LogP contribution is -2.25. The summed E-state index contributed by atoms with van der Waals surface area (Å²) in [5, 5.41) is 11.3. The van der Waals surface area contributed by atoms with E-state index < -0.39 is 17.6 Å². The van der Waals surface area contributed by atoms with Gasteiger partial charge in [0.25, 0.3) is 5.91 Å². The first kappa shape index (κ1) is 27.3. The summed E-state index contributed by atoms with van der Waals surface area (Å²) in [6.45, 7) is 3.14. The fraction of sp³-hybridized carbons (Fsp3) is 0.310. The quantitative estimate of drug-likeness (QED) is 0.268. The summed E-state index contributed by atoms with van der Waals surface area (Å²) in [7, 11) is 1.86. The fourth-order valence-corrected chi connectivity index (χ4v) is 4.73. The van der Waals surface area contributed by atoms with E-state index in [1.165, 1.54) is 17.0 Å². The van der Waals surface area contributed by atoms with Crippen molar-refractivity contribution in [2.75, 3.05) is 23.4 Å². The Bertz CT molecular complexity index is 1490. The highest BCUT2D eigenvalue weighted by Gasteiger charge is 2.40. The summed E-state index contributed by atoms with van der Waals surface area (Å²) >= 11 is 0. The standard InChI is InChI=1S/C29H29F3N6O2/c1-19(13-27-36-34-18-37(27)2)21-14-25(33-11-12-40-17-20-7-4-3-5-8-20)35-26(15-21)38-16-23-22(28(38)39)9-6-10-24(23)29(30,31)32/h3-10,14-15,18-19H,11-13,16-17H2,1-2H3,(H,33,35). The highest BCUT2D eigenvalue weighted by atomic mass is 19.4. The summed E-state index contributed by atoms with van der Waals surface area (Å²) in [5.41, 5.74) is 1.12. The van der Waals surface area contributed by atoms with E-state index in [2.05, 4.69) is 20.5 Å². The number of nitrogens with zero attached hydrogens (tertiary/aromatic N) is 5. The van der Waals surface area contributed by atoms with Crippen LogP contribution in [0.4, 0.5) is 24.8 Å². The number of halogens is 3. The topological polar surface area (TPSA) is 85.2 Å². The van der Waals surface area contributed by atoms with Gasteiger partial charge in [-0.15, -0.1) is 10.2 Å². The number of alkyl halides is 3. The first-order valence-electron chi connectivity index (χ1n) is 12.9. The third-order valence-corrected chi connectivity index (χ3v) is 6.91. The molecule has 2 aromatic heterocycles. The van der Waals surface area contributed by atoms with Crippen molar-refractivity contribution in [1.82, 2.24) is 19.7 Å². The molecule has 1 atom stereocenters. The van der Waals surface area contributed by atoms with E-state index in [-0.39, 0.29) is 29.4 Å². The van der Waals surface area contributed by atoms with Crippen LogP contribution in [0.3, 0.4) is 0 Å². The number of carbonyl (C=O) groups excluding carboxylic acids is 1. The summed E-state index contributed by atoms with van der Waals surface area (Å²) in [6.07, 6.45) is -2.36. The maximum absolute atomic E-state index is 13.7. The Hall–Kier alpha value is -4.25. The highest BCUT2D eigenvalue weighted by Crippen LogP contribution is 2.39. The molecule has 2 aromatic carbocycles. The van der Waals surface area contributed by atoms with Gasteiger partial charge in [-0.05, 0) is 46.9 Å². The first-order chi connectivity index (χ1) is 19.2. The molecule has 3 heterocycles. The number of nitrogens with one attached hydrogen (secondary N) is 1. The zero-order chi connectivity index (χ0) is 28.3. The zero-order valence-electron chi connectivity index (χ0n) is 22.2. The van der Waals surface area contributed by atoms with Crippen molar-refractivity contribution in [3.63, 3.8) is 0 Å². The highest BCUT2D eigenvalue weighted by molar-refractivity contribution is 6.10. The van der Waals surface area contributed by atoms with Crippen molar-refractivity contribution in [3.05, 3.63) is 101 Å². The fourth-order valence-electron chi connectivity index (χ4n) is 4.73. The number of amides is 1. The number of pyridine rings is 1. The first-order valence-corrected chi connectivity index (χ1v) is 12.9. The van der Waals surface area contributed by atoms with E-state index >= 15 is 0 Å². The van der Waals surface area contributed by atoms with E-state index in [0.717, 1.165) is 23.0 Å². The van der Waals surface area contributed by atoms with Gasteiger partial charge in [0.2, 0.25) is 0 Å². The van der Waals surface area contributed by atoms with Crippen LogP contribution >= 0.6 is 0 Å². The predicted octanol–water partition coefficient (Wildman–Crippen LogP) is 5.36. The normalized spacial score (nSPS) is 13.9. The minimum atomic E-state index is -4.56. The number of ether oxygens (including phenoxy) is 1. The number of anilines is 2. The van der Waals surface area contributed by atoms with Crippen LogP contribution in [0.2, 0.25) is 0 Å². The van der Waals surface area contributed by atoms with Crippen molar-refractivity contribution < 1.29 is 22.7 Å². The number of fused-ring (bicyclic) bond motifs is 1. The zero-order valence-corrected chi connectivity index (χ0v) is 22.2. The molecule has 0 aliphatic carbocycles. The van der Waals surface area contributed by atoms with Gasteiger partial charge in [0.15, 0.2) is 0 Å². The van der Waals surface area contributed by atoms with Crippen molar-refractivity contribution in [1.29, 1.82) is 0 Å². The second-order valence-corrected chi connectivity index (χ2v) is 9.79. The smallest absolute Gasteiger partial charge is 0.375 e. The molecule has 1 aliphatic rings. The molecule has 1 aliphatic heterocycles. The molecule has 1 amide bonds. The molecule has 5 rings (SSSR count). The molecular formula is C29H29F3N6O2. The van der Waals surface area contributed by atoms with E-state index in [4.69, 9.17) is 4.74 Å². The van der Waals surface area contributed by atoms with Gasteiger partial charge in [-0.3, -0.25) is 9.69 Å². The molecule has 11 heteroatoms. The number of aromatic nitrogens is 4. The Morgan fingerprint density at radius 2 is 1.90 bits per heavy atom. The molecule has 1 unspecified atom stereocenters. The number of hydrogen-bond donors (Lipinski definition) is 1. The maximum atomic E-state index is 13.7. The Balaban J connectivity index is 1.38. The van der Waals surface area contributed by atoms with Crippen LogP contribution in [0.25, 0.3) is 0 Å². The Morgan fingerprint density at radius 3 is 2.62 bits per heavy atom. The van der Waals surface area contributed by atoms with Crippen LogP contribution in [0, 0.1) is 0 Å². The molecule has 40 heavy (non-hydrogen) atoms. The van der Waals surface area contributed by atoms with Gasteiger partial charge in [-0.2, -0.15) is 13.2 Å². The number of hydrogen-bond acceptors (Lipinski definition) is 6. The summed E-state index contributed by atoms with van der Waals surface area (Å²) in [5.74, 6) is 1.02. The van der Waals surface area contributed by atoms with Gasteiger partial charge >= 0.3 is 6.18 Å². The third-order valence-electron chi connectivity index (χ3n) is 6.91. The Labute approximate surface area is 229 Å². The molecule has 0 radical (unpaired) electrons. The third kappa shape index (κ3) is 5.99. The van der Waals surface area contributed by atoms with E-state index in [9.17, 15) is 18.0 Å². The van der Waals surface area contributed by atoms with Crippen molar-refractivity contribution in [3.8, 4) is 0 Å². The number of carbonyl (C=O) groups is 1. The SMILES string of the molecule is CC(Cc1nncn1C)c1cc(NCCOCc2ccccc2)nc(N2Cc3c(cccc3C(F)(F)F)C2=O)c1. The monoisotopic (exact) mass is 550 g/mol. The van der Waals surface area contributed by atoms with Crippen LogP contribution < -0.4 is 10.2 Å². The summed E-state index contributed by atoms with van der Waals surface area (Å²) in [4.78, 5) is 19.2. The van der Waals surface area contributed by atoms with E-state index in [1.54, 1.807) is 12.4 Å². The van der Waals surface area contributed by atoms with Crippen molar-refractivity contribution in [2.24, 2.45) is 7.05 Å². The van der Waals surface area contributed by atoms with Crippen LogP contribution in [-0.4, -0.2) is 38.8 Å². The van der Waals surface area contributed by atoms with Gasteiger partial charge in [-0.1, -0.05) is 43.3 Å². The molecular weight excluding hydrogens is 521 g/mol. The molecule has 208 valence electrons. The summed E-state index contributed by atoms with van der Waals surface area (Å²) < 4.78 is 48.6. The lowest BCUT2D eigenvalue weighted by Gasteiger charge is -2.20. The average molecular weight is 551 g/mol. The number of aryl methyl sites for hydroxylation is 1. The lowest BCUT2D eigenvalue weighted by molar-refractivity contribution is -0.138. The number of rotatable bonds is 10.